The number of methoxy groups -OCH3 is 1. The third-order valence-corrected chi connectivity index (χ3v) is 4.44. The molecule has 0 aliphatic rings. The second-order valence-electron chi connectivity index (χ2n) is 4.92. The minimum Gasteiger partial charge on any atom is -0.497 e. The number of anilines is 1. The van der Waals surface area contributed by atoms with Gasteiger partial charge in [0.05, 0.1) is 22.8 Å². The van der Waals surface area contributed by atoms with E-state index in [1.165, 1.54) is 11.3 Å². The number of fused-ring (bicyclic) bond motifs is 2. The summed E-state index contributed by atoms with van der Waals surface area (Å²) in [4.78, 5) is 16.8. The first-order valence-corrected chi connectivity index (χ1v) is 7.75. The number of hydrogen-bond acceptors (Lipinski definition) is 5. The number of rotatable bonds is 3. The number of thiazole rings is 1. The molecule has 2 heterocycles. The maximum atomic E-state index is 12.4. The van der Waals surface area contributed by atoms with Crippen LogP contribution in [0.3, 0.4) is 0 Å². The molecule has 0 spiro atoms. The zero-order chi connectivity index (χ0) is 15.8. The maximum absolute atomic E-state index is 12.4. The fourth-order valence-electron chi connectivity index (χ4n) is 2.38. The first-order chi connectivity index (χ1) is 11.2. The van der Waals surface area contributed by atoms with Crippen molar-refractivity contribution in [3.05, 3.63) is 48.2 Å². The van der Waals surface area contributed by atoms with Crippen LogP contribution in [0, 0.1) is 0 Å². The number of carbonyl (C=O) groups excluding carboxylic acids is 1. The summed E-state index contributed by atoms with van der Waals surface area (Å²) < 4.78 is 6.15. The van der Waals surface area contributed by atoms with Crippen molar-refractivity contribution >= 4 is 43.5 Å². The van der Waals surface area contributed by atoms with Crippen molar-refractivity contribution in [3.63, 3.8) is 0 Å². The lowest BCUT2D eigenvalue weighted by Crippen LogP contribution is -2.12. The number of aromatic amines is 1. The van der Waals surface area contributed by atoms with Crippen molar-refractivity contribution < 1.29 is 9.53 Å². The normalized spacial score (nSPS) is 11.0. The SMILES string of the molecule is COc1ccc2nc(NC(=O)c3n[nH]c4ccccc34)sc2c1. The molecule has 2 aromatic carbocycles. The lowest BCUT2D eigenvalue weighted by molar-refractivity contribution is 0.102. The van der Waals surface area contributed by atoms with Crippen LogP contribution in [-0.4, -0.2) is 28.2 Å². The molecule has 0 unspecified atom stereocenters. The van der Waals surface area contributed by atoms with E-state index in [9.17, 15) is 4.79 Å². The van der Waals surface area contributed by atoms with Gasteiger partial charge in [-0.1, -0.05) is 29.5 Å². The van der Waals surface area contributed by atoms with Crippen LogP contribution in [0.2, 0.25) is 0 Å². The Hall–Kier alpha value is -2.93. The van der Waals surface area contributed by atoms with Gasteiger partial charge in [0.2, 0.25) is 0 Å². The second-order valence-corrected chi connectivity index (χ2v) is 5.96. The molecule has 4 rings (SSSR count). The number of amides is 1. The number of H-pyrrole nitrogens is 1. The summed E-state index contributed by atoms with van der Waals surface area (Å²) in [7, 11) is 1.62. The van der Waals surface area contributed by atoms with Crippen LogP contribution in [-0.2, 0) is 0 Å². The summed E-state index contributed by atoms with van der Waals surface area (Å²) in [5.74, 6) is 0.478. The van der Waals surface area contributed by atoms with Gasteiger partial charge >= 0.3 is 0 Å². The van der Waals surface area contributed by atoms with Gasteiger partial charge in [-0.05, 0) is 24.3 Å². The van der Waals surface area contributed by atoms with Crippen molar-refractivity contribution in [1.82, 2.24) is 15.2 Å². The Bertz CT molecular complexity index is 1020. The minimum absolute atomic E-state index is 0.284. The summed E-state index contributed by atoms with van der Waals surface area (Å²) in [5, 5.41) is 11.1. The fourth-order valence-corrected chi connectivity index (χ4v) is 3.27. The second kappa shape index (κ2) is 5.36. The van der Waals surface area contributed by atoms with E-state index < -0.39 is 0 Å². The van der Waals surface area contributed by atoms with E-state index in [2.05, 4.69) is 20.5 Å². The largest absolute Gasteiger partial charge is 0.497 e. The molecular weight excluding hydrogens is 312 g/mol. The molecule has 0 fully saturated rings. The van der Waals surface area contributed by atoms with Crippen LogP contribution in [0.4, 0.5) is 5.13 Å². The molecule has 0 aliphatic heterocycles. The van der Waals surface area contributed by atoms with Gasteiger partial charge in [-0.2, -0.15) is 5.10 Å². The Labute approximate surface area is 135 Å². The highest BCUT2D eigenvalue weighted by Gasteiger charge is 2.15. The Kier molecular flexibility index (Phi) is 3.20. The topological polar surface area (TPSA) is 79.9 Å². The van der Waals surface area contributed by atoms with Crippen LogP contribution >= 0.6 is 11.3 Å². The van der Waals surface area contributed by atoms with Gasteiger partial charge in [-0.15, -0.1) is 0 Å². The Balaban J connectivity index is 1.66. The van der Waals surface area contributed by atoms with E-state index in [0.29, 0.717) is 10.8 Å². The Morgan fingerprint density at radius 2 is 2.13 bits per heavy atom. The monoisotopic (exact) mass is 324 g/mol. The van der Waals surface area contributed by atoms with Crippen LogP contribution < -0.4 is 10.1 Å². The molecule has 0 atom stereocenters. The quantitative estimate of drug-likeness (QED) is 0.605. The van der Waals surface area contributed by atoms with Gasteiger partial charge in [-0.3, -0.25) is 15.2 Å². The number of carbonyl (C=O) groups is 1. The summed E-state index contributed by atoms with van der Waals surface area (Å²) in [6.45, 7) is 0. The number of hydrogen-bond donors (Lipinski definition) is 2. The predicted molar refractivity (Wildman–Crippen MR) is 90.2 cm³/mol. The van der Waals surface area contributed by atoms with Gasteiger partial charge in [0.15, 0.2) is 10.8 Å². The van der Waals surface area contributed by atoms with E-state index in [1.54, 1.807) is 7.11 Å². The van der Waals surface area contributed by atoms with Gasteiger partial charge < -0.3 is 4.74 Å². The van der Waals surface area contributed by atoms with Crippen molar-refractivity contribution in [1.29, 1.82) is 0 Å². The highest BCUT2D eigenvalue weighted by molar-refractivity contribution is 7.22. The van der Waals surface area contributed by atoms with Crippen LogP contribution in [0.15, 0.2) is 42.5 Å². The summed E-state index contributed by atoms with van der Waals surface area (Å²) >= 11 is 1.40. The summed E-state index contributed by atoms with van der Waals surface area (Å²) in [6, 6.07) is 13.1. The fraction of sp³-hybridized carbons (Fsp3) is 0.0625. The molecule has 1 amide bonds. The maximum Gasteiger partial charge on any atom is 0.278 e. The standard InChI is InChI=1S/C16H12N4O2S/c1-22-9-6-7-12-13(8-9)23-16(17-12)18-15(21)14-10-4-2-3-5-11(10)19-20-14/h2-8H,1H3,(H,19,20)(H,17,18,21). The zero-order valence-corrected chi connectivity index (χ0v) is 13.0. The number of para-hydroxylation sites is 1. The van der Waals surface area contributed by atoms with Gasteiger partial charge in [0.25, 0.3) is 5.91 Å². The lowest BCUT2D eigenvalue weighted by atomic mass is 10.2. The van der Waals surface area contributed by atoms with E-state index in [0.717, 1.165) is 26.9 Å². The number of benzene rings is 2. The number of nitrogens with zero attached hydrogens (tertiary/aromatic N) is 2. The van der Waals surface area contributed by atoms with E-state index >= 15 is 0 Å². The molecule has 7 heteroatoms. The average molecular weight is 324 g/mol. The summed E-state index contributed by atoms with van der Waals surface area (Å²) in [6.07, 6.45) is 0. The molecule has 2 aromatic heterocycles. The molecule has 4 aromatic rings. The molecule has 0 radical (unpaired) electrons. The first kappa shape index (κ1) is 13.7. The molecule has 0 saturated carbocycles. The van der Waals surface area contributed by atoms with Crippen molar-refractivity contribution in [2.45, 2.75) is 0 Å². The van der Waals surface area contributed by atoms with Gasteiger partial charge in [0, 0.05) is 5.39 Å². The smallest absolute Gasteiger partial charge is 0.278 e. The Morgan fingerprint density at radius 3 is 3.00 bits per heavy atom. The van der Waals surface area contributed by atoms with E-state index in [-0.39, 0.29) is 5.91 Å². The third-order valence-electron chi connectivity index (χ3n) is 3.50. The average Bonchev–Trinajstić information content (AvgIpc) is 3.17. The third kappa shape index (κ3) is 2.40. The molecule has 0 saturated heterocycles. The number of aromatic nitrogens is 3. The van der Waals surface area contributed by atoms with Crippen molar-refractivity contribution in [3.8, 4) is 5.75 Å². The molecule has 23 heavy (non-hydrogen) atoms. The van der Waals surface area contributed by atoms with Crippen LogP contribution in [0.5, 0.6) is 5.75 Å². The van der Waals surface area contributed by atoms with Gasteiger partial charge in [-0.25, -0.2) is 4.98 Å². The van der Waals surface area contributed by atoms with Crippen molar-refractivity contribution in [2.24, 2.45) is 0 Å². The number of nitrogens with one attached hydrogen (secondary N) is 2. The molecule has 6 nitrogen and oxygen atoms in total. The van der Waals surface area contributed by atoms with Crippen LogP contribution in [0.1, 0.15) is 10.5 Å². The molecule has 2 N–H and O–H groups in total. The van der Waals surface area contributed by atoms with E-state index in [4.69, 9.17) is 4.74 Å². The van der Waals surface area contributed by atoms with Gasteiger partial charge in [0.1, 0.15) is 5.75 Å². The Morgan fingerprint density at radius 1 is 1.26 bits per heavy atom. The molecular formula is C16H12N4O2S. The first-order valence-electron chi connectivity index (χ1n) is 6.93. The highest BCUT2D eigenvalue weighted by atomic mass is 32.1. The van der Waals surface area contributed by atoms with Crippen LogP contribution in [0.25, 0.3) is 21.1 Å². The summed E-state index contributed by atoms with van der Waals surface area (Å²) in [5.41, 5.74) is 2.00. The molecule has 0 aliphatic carbocycles. The zero-order valence-electron chi connectivity index (χ0n) is 12.2. The number of ether oxygens (including phenoxy) is 1. The highest BCUT2D eigenvalue weighted by Crippen LogP contribution is 2.29. The minimum atomic E-state index is -0.284. The lowest BCUT2D eigenvalue weighted by Gasteiger charge is -1.98. The molecule has 0 bridgehead atoms. The van der Waals surface area contributed by atoms with Crippen molar-refractivity contribution in [2.75, 3.05) is 12.4 Å². The molecule has 114 valence electrons. The predicted octanol–water partition coefficient (Wildman–Crippen LogP) is 3.43. The van der Waals surface area contributed by atoms with E-state index in [1.807, 2.05) is 42.5 Å².